The Balaban J connectivity index is 2.05. The van der Waals surface area contributed by atoms with Gasteiger partial charge in [-0.3, -0.25) is 0 Å². The van der Waals surface area contributed by atoms with E-state index >= 15 is 0 Å². The lowest BCUT2D eigenvalue weighted by atomic mass is 10.3. The molecule has 0 amide bonds. The zero-order chi connectivity index (χ0) is 15.5. The molecule has 0 bridgehead atoms. The van der Waals surface area contributed by atoms with Crippen LogP contribution in [0.2, 0.25) is 0 Å². The molecule has 2 rings (SSSR count). The topological polar surface area (TPSA) is 73.2 Å². The van der Waals surface area contributed by atoms with Gasteiger partial charge in [-0.05, 0) is 34.1 Å². The quantitative estimate of drug-likeness (QED) is 0.836. The number of aromatic nitrogens is 2. The summed E-state index contributed by atoms with van der Waals surface area (Å²) in [6, 6.07) is 4.63. The molecule has 0 aliphatic carbocycles. The summed E-state index contributed by atoms with van der Waals surface area (Å²) in [5.41, 5.74) is 0. The van der Waals surface area contributed by atoms with Crippen molar-refractivity contribution >= 4 is 26.0 Å². The predicted octanol–water partition coefficient (Wildman–Crippen LogP) is 1.71. The highest BCUT2D eigenvalue weighted by molar-refractivity contribution is 9.10. The van der Waals surface area contributed by atoms with Crippen LogP contribution in [0.4, 0.5) is 0 Å². The van der Waals surface area contributed by atoms with E-state index in [9.17, 15) is 8.42 Å². The number of imidazole rings is 1. The van der Waals surface area contributed by atoms with Crippen molar-refractivity contribution in [3.63, 3.8) is 0 Å². The second kappa shape index (κ2) is 6.59. The first-order chi connectivity index (χ1) is 9.94. The summed E-state index contributed by atoms with van der Waals surface area (Å²) in [6.45, 7) is 0.289. The molecule has 2 aromatic rings. The summed E-state index contributed by atoms with van der Waals surface area (Å²) in [7, 11) is -0.147. The van der Waals surface area contributed by atoms with Crippen LogP contribution in [-0.2, 0) is 23.5 Å². The fourth-order valence-corrected chi connectivity index (χ4v) is 3.58. The number of nitrogens with one attached hydrogen (secondary N) is 1. The third kappa shape index (κ3) is 3.84. The minimum atomic E-state index is -3.55. The first-order valence-electron chi connectivity index (χ1n) is 6.23. The SMILES string of the molecule is COc1ccc(S(=O)(=O)NCCc2nccn2C)cc1Br. The number of rotatable bonds is 6. The van der Waals surface area contributed by atoms with Gasteiger partial charge in [0.2, 0.25) is 10.0 Å². The second-order valence-corrected chi connectivity index (χ2v) is 7.02. The number of hydrogen-bond acceptors (Lipinski definition) is 4. The lowest BCUT2D eigenvalue weighted by Crippen LogP contribution is -2.26. The Bertz CT molecular complexity index is 728. The van der Waals surface area contributed by atoms with Gasteiger partial charge in [0.15, 0.2) is 0 Å². The normalized spacial score (nSPS) is 11.6. The van der Waals surface area contributed by atoms with Gasteiger partial charge >= 0.3 is 0 Å². The van der Waals surface area contributed by atoms with Crippen LogP contribution in [0.1, 0.15) is 5.82 Å². The first-order valence-corrected chi connectivity index (χ1v) is 8.51. The molecule has 0 radical (unpaired) electrons. The van der Waals surface area contributed by atoms with Crippen molar-refractivity contribution in [2.75, 3.05) is 13.7 Å². The Morgan fingerprint density at radius 1 is 1.43 bits per heavy atom. The van der Waals surface area contributed by atoms with Gasteiger partial charge in [0, 0.05) is 32.4 Å². The van der Waals surface area contributed by atoms with Crippen molar-refractivity contribution in [1.82, 2.24) is 14.3 Å². The highest BCUT2D eigenvalue weighted by atomic mass is 79.9. The second-order valence-electron chi connectivity index (χ2n) is 4.40. The average molecular weight is 374 g/mol. The molecule has 0 saturated carbocycles. The van der Waals surface area contributed by atoms with Gasteiger partial charge in [-0.1, -0.05) is 0 Å². The summed E-state index contributed by atoms with van der Waals surface area (Å²) in [4.78, 5) is 4.34. The van der Waals surface area contributed by atoms with Crippen molar-refractivity contribution in [2.24, 2.45) is 7.05 Å². The molecule has 1 N–H and O–H groups in total. The lowest BCUT2D eigenvalue weighted by molar-refractivity contribution is 0.411. The van der Waals surface area contributed by atoms with E-state index < -0.39 is 10.0 Å². The Labute approximate surface area is 132 Å². The molecule has 21 heavy (non-hydrogen) atoms. The number of benzene rings is 1. The molecule has 0 atom stereocenters. The molecular weight excluding hydrogens is 358 g/mol. The van der Waals surface area contributed by atoms with Gasteiger partial charge in [-0.15, -0.1) is 0 Å². The molecule has 0 aliphatic rings. The standard InChI is InChI=1S/C13H16BrN3O3S/c1-17-8-7-15-13(17)5-6-16-21(18,19)10-3-4-12(20-2)11(14)9-10/h3-4,7-9,16H,5-6H2,1-2H3. The highest BCUT2D eigenvalue weighted by Crippen LogP contribution is 2.27. The molecule has 1 heterocycles. The minimum absolute atomic E-state index is 0.190. The predicted molar refractivity (Wildman–Crippen MR) is 82.8 cm³/mol. The van der Waals surface area contributed by atoms with E-state index in [0.717, 1.165) is 5.82 Å². The Morgan fingerprint density at radius 3 is 2.76 bits per heavy atom. The van der Waals surface area contributed by atoms with E-state index in [4.69, 9.17) is 4.74 Å². The van der Waals surface area contributed by atoms with Crippen LogP contribution < -0.4 is 9.46 Å². The fourth-order valence-electron chi connectivity index (χ4n) is 1.83. The summed E-state index contributed by atoms with van der Waals surface area (Å²) in [5.74, 6) is 1.41. The monoisotopic (exact) mass is 373 g/mol. The van der Waals surface area contributed by atoms with E-state index in [1.807, 2.05) is 17.8 Å². The highest BCUT2D eigenvalue weighted by Gasteiger charge is 2.15. The van der Waals surface area contributed by atoms with Crippen molar-refractivity contribution in [2.45, 2.75) is 11.3 Å². The van der Waals surface area contributed by atoms with Gasteiger partial charge in [-0.2, -0.15) is 0 Å². The molecule has 8 heteroatoms. The largest absolute Gasteiger partial charge is 0.496 e. The van der Waals surface area contributed by atoms with Crippen LogP contribution in [0.5, 0.6) is 5.75 Å². The van der Waals surface area contributed by atoms with E-state index in [2.05, 4.69) is 25.6 Å². The first kappa shape index (κ1) is 16.0. The summed E-state index contributed by atoms with van der Waals surface area (Å²) in [6.07, 6.45) is 4.04. The summed E-state index contributed by atoms with van der Waals surface area (Å²) >= 11 is 3.28. The number of sulfonamides is 1. The molecule has 0 spiro atoms. The van der Waals surface area contributed by atoms with Crippen LogP contribution in [0.25, 0.3) is 0 Å². The maximum absolute atomic E-state index is 12.2. The van der Waals surface area contributed by atoms with Gasteiger partial charge < -0.3 is 9.30 Å². The molecule has 6 nitrogen and oxygen atoms in total. The summed E-state index contributed by atoms with van der Waals surface area (Å²) < 4.78 is 34.5. The maximum atomic E-state index is 12.2. The number of halogens is 1. The number of methoxy groups -OCH3 is 1. The van der Waals surface area contributed by atoms with E-state index in [-0.39, 0.29) is 11.4 Å². The van der Waals surface area contributed by atoms with Crippen molar-refractivity contribution in [3.05, 3.63) is 40.9 Å². The zero-order valence-corrected chi connectivity index (χ0v) is 14.1. The van der Waals surface area contributed by atoms with Gasteiger partial charge in [0.1, 0.15) is 11.6 Å². The zero-order valence-electron chi connectivity index (χ0n) is 11.7. The number of hydrogen-bond donors (Lipinski definition) is 1. The molecule has 0 unspecified atom stereocenters. The average Bonchev–Trinajstić information content (AvgIpc) is 2.84. The van der Waals surface area contributed by atoms with E-state index in [1.165, 1.54) is 19.2 Å². The molecule has 0 saturated heterocycles. The molecule has 1 aromatic carbocycles. The van der Waals surface area contributed by atoms with Crippen molar-refractivity contribution in [3.8, 4) is 5.75 Å². The third-order valence-corrected chi connectivity index (χ3v) is 5.07. The van der Waals surface area contributed by atoms with Gasteiger partial charge in [-0.25, -0.2) is 18.1 Å². The molecule has 0 aliphatic heterocycles. The van der Waals surface area contributed by atoms with Gasteiger partial charge in [0.25, 0.3) is 0 Å². The maximum Gasteiger partial charge on any atom is 0.240 e. The van der Waals surface area contributed by atoms with E-state index in [1.54, 1.807) is 12.3 Å². The van der Waals surface area contributed by atoms with Crippen LogP contribution in [-0.4, -0.2) is 31.6 Å². The van der Waals surface area contributed by atoms with Crippen LogP contribution in [0.3, 0.4) is 0 Å². The van der Waals surface area contributed by atoms with Crippen LogP contribution in [0, 0.1) is 0 Å². The Kier molecular flexibility index (Phi) is 5.02. The van der Waals surface area contributed by atoms with Crippen LogP contribution >= 0.6 is 15.9 Å². The Hall–Kier alpha value is -1.38. The number of aryl methyl sites for hydroxylation is 1. The number of nitrogens with zero attached hydrogens (tertiary/aromatic N) is 2. The molecule has 114 valence electrons. The van der Waals surface area contributed by atoms with Crippen molar-refractivity contribution in [1.29, 1.82) is 0 Å². The van der Waals surface area contributed by atoms with Crippen molar-refractivity contribution < 1.29 is 13.2 Å². The molecule has 0 fully saturated rings. The Morgan fingerprint density at radius 2 is 2.19 bits per heavy atom. The lowest BCUT2D eigenvalue weighted by Gasteiger charge is -2.09. The summed E-state index contributed by atoms with van der Waals surface area (Å²) in [5, 5.41) is 0. The smallest absolute Gasteiger partial charge is 0.240 e. The number of ether oxygens (including phenoxy) is 1. The van der Waals surface area contributed by atoms with Gasteiger partial charge in [0.05, 0.1) is 16.5 Å². The fraction of sp³-hybridized carbons (Fsp3) is 0.308. The van der Waals surface area contributed by atoms with Crippen LogP contribution in [0.15, 0.2) is 40.0 Å². The third-order valence-electron chi connectivity index (χ3n) is 3.00. The molecular formula is C13H16BrN3O3S. The van der Waals surface area contributed by atoms with E-state index in [0.29, 0.717) is 16.6 Å². The minimum Gasteiger partial charge on any atom is -0.496 e. The molecule has 1 aromatic heterocycles.